The van der Waals surface area contributed by atoms with Crippen LogP contribution in [0.1, 0.15) is 17.5 Å². The molecule has 24 heavy (non-hydrogen) atoms. The molecule has 0 bridgehead atoms. The summed E-state index contributed by atoms with van der Waals surface area (Å²) >= 11 is 0. The Labute approximate surface area is 139 Å². The van der Waals surface area contributed by atoms with Gasteiger partial charge in [0.25, 0.3) is 5.56 Å². The van der Waals surface area contributed by atoms with Crippen LogP contribution in [0.3, 0.4) is 0 Å². The van der Waals surface area contributed by atoms with E-state index in [1.54, 1.807) is 0 Å². The van der Waals surface area contributed by atoms with E-state index in [2.05, 4.69) is 16.8 Å². The predicted molar refractivity (Wildman–Crippen MR) is 90.6 cm³/mol. The summed E-state index contributed by atoms with van der Waals surface area (Å²) in [7, 11) is 0. The van der Waals surface area contributed by atoms with Crippen LogP contribution in [0.2, 0.25) is 0 Å². The smallest absolute Gasteiger partial charge is 0.328 e. The van der Waals surface area contributed by atoms with Gasteiger partial charge in [0.15, 0.2) is 0 Å². The minimum absolute atomic E-state index is 0.154. The van der Waals surface area contributed by atoms with Crippen LogP contribution >= 0.6 is 0 Å². The Hall–Kier alpha value is -2.62. The number of aromatic amines is 1. The number of hydrogen-bond acceptors (Lipinski definition) is 4. The molecule has 1 heterocycles. The summed E-state index contributed by atoms with van der Waals surface area (Å²) < 4.78 is 1.34. The zero-order chi connectivity index (χ0) is 17.4. The molecule has 0 saturated carbocycles. The molecule has 2 rings (SSSR count). The lowest BCUT2D eigenvalue weighted by molar-refractivity contribution is 0.140. The van der Waals surface area contributed by atoms with Gasteiger partial charge in [0.05, 0.1) is 0 Å². The minimum atomic E-state index is -0.525. The van der Waals surface area contributed by atoms with Gasteiger partial charge in [-0.2, -0.15) is 0 Å². The highest BCUT2D eigenvalue weighted by molar-refractivity contribution is 5.32. The number of benzene rings is 1. The number of nitrogens with zero attached hydrogens (tertiary/aromatic N) is 1. The summed E-state index contributed by atoms with van der Waals surface area (Å²) in [5, 5.41) is 18.1. The maximum atomic E-state index is 11.8. The van der Waals surface area contributed by atoms with E-state index in [0.717, 1.165) is 5.56 Å². The third kappa shape index (κ3) is 4.95. The molecule has 0 aliphatic heterocycles. The molecule has 0 aliphatic carbocycles. The summed E-state index contributed by atoms with van der Waals surface area (Å²) in [6.45, 7) is -0.0224. The Balaban J connectivity index is 2.15. The second-order valence-electron chi connectivity index (χ2n) is 5.48. The first-order chi connectivity index (χ1) is 11.6. The van der Waals surface area contributed by atoms with Crippen molar-refractivity contribution in [3.8, 4) is 11.8 Å². The van der Waals surface area contributed by atoms with Crippen LogP contribution in [-0.2, 0) is 13.0 Å². The molecule has 0 atom stereocenters. The van der Waals surface area contributed by atoms with Crippen molar-refractivity contribution in [3.05, 3.63) is 68.5 Å². The fourth-order valence-corrected chi connectivity index (χ4v) is 2.16. The third-order valence-corrected chi connectivity index (χ3v) is 3.66. The predicted octanol–water partition coefficient (Wildman–Crippen LogP) is 0.122. The van der Waals surface area contributed by atoms with Crippen LogP contribution in [0.5, 0.6) is 0 Å². The molecule has 0 unspecified atom stereocenters. The maximum absolute atomic E-state index is 11.8. The first-order valence-electron chi connectivity index (χ1n) is 7.72. The third-order valence-electron chi connectivity index (χ3n) is 3.66. The van der Waals surface area contributed by atoms with E-state index in [1.165, 1.54) is 10.8 Å². The van der Waals surface area contributed by atoms with Crippen molar-refractivity contribution in [2.75, 3.05) is 13.2 Å². The van der Waals surface area contributed by atoms with E-state index in [1.807, 2.05) is 30.3 Å². The lowest BCUT2D eigenvalue weighted by atomic mass is 10.1. The summed E-state index contributed by atoms with van der Waals surface area (Å²) in [6.07, 6.45) is 2.36. The molecule has 1 aromatic heterocycles. The number of aryl methyl sites for hydroxylation is 1. The zero-order valence-electron chi connectivity index (χ0n) is 13.2. The molecule has 0 radical (unpaired) electrons. The second-order valence-corrected chi connectivity index (χ2v) is 5.48. The number of nitrogens with one attached hydrogen (secondary N) is 1. The molecule has 3 N–H and O–H groups in total. The highest BCUT2D eigenvalue weighted by Gasteiger charge is 2.08. The number of aliphatic hydroxyl groups is 2. The molecule has 0 saturated heterocycles. The molecule has 0 amide bonds. The van der Waals surface area contributed by atoms with E-state index in [4.69, 9.17) is 10.2 Å². The summed E-state index contributed by atoms with van der Waals surface area (Å²) in [5.41, 5.74) is 0.222. The number of aliphatic hydroxyl groups excluding tert-OH is 2. The number of aromatic nitrogens is 2. The minimum Gasteiger partial charge on any atom is -0.396 e. The van der Waals surface area contributed by atoms with E-state index < -0.39 is 11.2 Å². The van der Waals surface area contributed by atoms with E-state index in [-0.39, 0.29) is 31.2 Å². The van der Waals surface area contributed by atoms with Crippen LogP contribution in [0.25, 0.3) is 0 Å². The van der Waals surface area contributed by atoms with Gasteiger partial charge in [-0.1, -0.05) is 42.2 Å². The number of rotatable bonds is 6. The standard InChI is InChI=1S/C18H20N2O4/c21-12-15(13-22)9-10-20-11-16(17(23)19-18(20)24)8-4-7-14-5-2-1-3-6-14/h1-3,5-6,11,15,21-22H,7,9-10,12-13H2,(H,19,23,24). The lowest BCUT2D eigenvalue weighted by Gasteiger charge is -2.11. The Kier molecular flexibility index (Phi) is 6.55. The normalized spacial score (nSPS) is 10.5. The van der Waals surface area contributed by atoms with Crippen molar-refractivity contribution in [1.29, 1.82) is 0 Å². The van der Waals surface area contributed by atoms with Crippen molar-refractivity contribution in [2.24, 2.45) is 5.92 Å². The number of hydrogen-bond donors (Lipinski definition) is 3. The first-order valence-corrected chi connectivity index (χ1v) is 7.72. The molecular weight excluding hydrogens is 308 g/mol. The van der Waals surface area contributed by atoms with Gasteiger partial charge < -0.3 is 10.2 Å². The Morgan fingerprint density at radius 1 is 1.12 bits per heavy atom. The van der Waals surface area contributed by atoms with Crippen molar-refractivity contribution in [1.82, 2.24) is 9.55 Å². The molecule has 0 spiro atoms. The highest BCUT2D eigenvalue weighted by Crippen LogP contribution is 2.02. The fraction of sp³-hybridized carbons (Fsp3) is 0.333. The lowest BCUT2D eigenvalue weighted by Crippen LogP contribution is -2.32. The Bertz CT molecular complexity index is 824. The van der Waals surface area contributed by atoms with Crippen LogP contribution in [0, 0.1) is 17.8 Å². The monoisotopic (exact) mass is 328 g/mol. The maximum Gasteiger partial charge on any atom is 0.328 e. The van der Waals surface area contributed by atoms with Gasteiger partial charge in [0, 0.05) is 38.3 Å². The molecule has 0 fully saturated rings. The molecule has 1 aromatic carbocycles. The average molecular weight is 328 g/mol. The molecule has 0 aliphatic rings. The van der Waals surface area contributed by atoms with E-state index >= 15 is 0 Å². The van der Waals surface area contributed by atoms with Gasteiger partial charge in [-0.3, -0.25) is 14.3 Å². The van der Waals surface area contributed by atoms with Crippen LogP contribution in [-0.4, -0.2) is 33.0 Å². The first kappa shape index (κ1) is 17.7. The van der Waals surface area contributed by atoms with Gasteiger partial charge in [-0.05, 0) is 12.0 Å². The Morgan fingerprint density at radius 3 is 2.50 bits per heavy atom. The van der Waals surface area contributed by atoms with E-state index in [9.17, 15) is 9.59 Å². The van der Waals surface area contributed by atoms with Crippen LogP contribution < -0.4 is 11.2 Å². The van der Waals surface area contributed by atoms with Crippen molar-refractivity contribution < 1.29 is 10.2 Å². The SMILES string of the molecule is O=c1[nH]c(=O)n(CCC(CO)CO)cc1C#CCc1ccccc1. The van der Waals surface area contributed by atoms with Gasteiger partial charge in [-0.25, -0.2) is 4.79 Å². The number of H-pyrrole nitrogens is 1. The second kappa shape index (κ2) is 8.87. The van der Waals surface area contributed by atoms with Gasteiger partial charge in [0.2, 0.25) is 0 Å². The van der Waals surface area contributed by atoms with Gasteiger partial charge >= 0.3 is 5.69 Å². The topological polar surface area (TPSA) is 95.3 Å². The molecular formula is C18H20N2O4. The summed E-state index contributed by atoms with van der Waals surface area (Å²) in [6, 6.07) is 9.66. The molecule has 2 aromatic rings. The highest BCUT2D eigenvalue weighted by atomic mass is 16.3. The molecule has 6 heteroatoms. The summed E-state index contributed by atoms with van der Waals surface area (Å²) in [5.74, 6) is 5.42. The van der Waals surface area contributed by atoms with Crippen LogP contribution in [0.15, 0.2) is 46.1 Å². The van der Waals surface area contributed by atoms with Crippen LogP contribution in [0.4, 0.5) is 0 Å². The van der Waals surface area contributed by atoms with Gasteiger partial charge in [0.1, 0.15) is 5.56 Å². The quantitative estimate of drug-likeness (QED) is 0.657. The van der Waals surface area contributed by atoms with Crippen molar-refractivity contribution >= 4 is 0 Å². The van der Waals surface area contributed by atoms with Crippen molar-refractivity contribution in [2.45, 2.75) is 19.4 Å². The molecule has 126 valence electrons. The average Bonchev–Trinajstić information content (AvgIpc) is 2.60. The zero-order valence-corrected chi connectivity index (χ0v) is 13.2. The van der Waals surface area contributed by atoms with E-state index in [0.29, 0.717) is 12.8 Å². The largest absolute Gasteiger partial charge is 0.396 e. The van der Waals surface area contributed by atoms with Gasteiger partial charge in [-0.15, -0.1) is 0 Å². The van der Waals surface area contributed by atoms with Crippen molar-refractivity contribution in [3.63, 3.8) is 0 Å². The summed E-state index contributed by atoms with van der Waals surface area (Å²) in [4.78, 5) is 25.9. The Morgan fingerprint density at radius 2 is 1.83 bits per heavy atom. The fourth-order valence-electron chi connectivity index (χ4n) is 2.16. The molecule has 6 nitrogen and oxygen atoms in total.